The van der Waals surface area contributed by atoms with Gasteiger partial charge in [0.1, 0.15) is 0 Å². The number of nitrogens with one attached hydrogen (secondary N) is 2. The molecule has 94 valence electrons. The third-order valence-electron chi connectivity index (χ3n) is 2.93. The highest BCUT2D eigenvalue weighted by atomic mass is 16.1. The van der Waals surface area contributed by atoms with E-state index in [1.165, 1.54) is 0 Å². The van der Waals surface area contributed by atoms with Crippen LogP contribution in [-0.4, -0.2) is 19.0 Å². The topological polar surface area (TPSA) is 67.2 Å². The number of hydrogen-bond donors (Lipinski definition) is 3. The van der Waals surface area contributed by atoms with Gasteiger partial charge in [-0.05, 0) is 31.0 Å². The molecule has 4 heteroatoms. The van der Waals surface area contributed by atoms with Gasteiger partial charge in [-0.2, -0.15) is 0 Å². The first kappa shape index (κ1) is 13.4. The number of hydrogen-bond acceptors (Lipinski definition) is 3. The van der Waals surface area contributed by atoms with Crippen molar-refractivity contribution in [1.82, 2.24) is 5.32 Å². The summed E-state index contributed by atoms with van der Waals surface area (Å²) >= 11 is 0. The average molecular weight is 235 g/mol. The lowest BCUT2D eigenvalue weighted by Gasteiger charge is -2.20. The Hall–Kier alpha value is -1.71. The normalized spacial score (nSPS) is 12.3. The summed E-state index contributed by atoms with van der Waals surface area (Å²) in [6, 6.07) is 5.56. The van der Waals surface area contributed by atoms with Gasteiger partial charge in [-0.15, -0.1) is 0 Å². The van der Waals surface area contributed by atoms with Crippen LogP contribution < -0.4 is 16.4 Å². The summed E-state index contributed by atoms with van der Waals surface area (Å²) in [7, 11) is 1.61. The van der Waals surface area contributed by atoms with Crippen LogP contribution in [0.2, 0.25) is 0 Å². The Kier molecular flexibility index (Phi) is 4.37. The van der Waals surface area contributed by atoms with Gasteiger partial charge in [-0.3, -0.25) is 4.79 Å². The highest BCUT2D eigenvalue weighted by Crippen LogP contribution is 2.22. The van der Waals surface area contributed by atoms with Crippen molar-refractivity contribution in [3.63, 3.8) is 0 Å². The van der Waals surface area contributed by atoms with Crippen LogP contribution in [0.25, 0.3) is 0 Å². The number of amides is 1. The summed E-state index contributed by atoms with van der Waals surface area (Å²) in [5.74, 6) is 0.392. The molecule has 1 aromatic carbocycles. The molecule has 0 radical (unpaired) electrons. The predicted octanol–water partition coefficient (Wildman–Crippen LogP) is 2.08. The van der Waals surface area contributed by atoms with Gasteiger partial charge in [0.05, 0.1) is 11.4 Å². The minimum absolute atomic E-state index is 0.106. The molecule has 0 saturated carbocycles. The lowest BCUT2D eigenvalue weighted by molar-refractivity contribution is 0.0963. The second kappa shape index (κ2) is 5.57. The van der Waals surface area contributed by atoms with Gasteiger partial charge in [-0.1, -0.05) is 13.8 Å². The molecule has 1 aromatic rings. The van der Waals surface area contributed by atoms with Crippen molar-refractivity contribution in [2.75, 3.05) is 18.1 Å². The quantitative estimate of drug-likeness (QED) is 0.700. The van der Waals surface area contributed by atoms with Gasteiger partial charge >= 0.3 is 0 Å². The maximum absolute atomic E-state index is 11.5. The summed E-state index contributed by atoms with van der Waals surface area (Å²) in [4.78, 5) is 11.5. The molecule has 1 unspecified atom stereocenters. The fourth-order valence-electron chi connectivity index (χ4n) is 1.38. The number of carbonyl (C=O) groups is 1. The molecule has 0 aliphatic heterocycles. The molecule has 4 N–H and O–H groups in total. The Morgan fingerprint density at radius 1 is 1.29 bits per heavy atom. The zero-order valence-corrected chi connectivity index (χ0v) is 10.9. The van der Waals surface area contributed by atoms with E-state index >= 15 is 0 Å². The second-order valence-corrected chi connectivity index (χ2v) is 4.56. The first-order valence-corrected chi connectivity index (χ1v) is 5.83. The summed E-state index contributed by atoms with van der Waals surface area (Å²) in [5.41, 5.74) is 7.97. The molecule has 4 nitrogen and oxygen atoms in total. The molecule has 0 aliphatic rings. The first-order chi connectivity index (χ1) is 7.95. The van der Waals surface area contributed by atoms with Crippen molar-refractivity contribution < 1.29 is 4.79 Å². The maximum Gasteiger partial charge on any atom is 0.251 e. The molecule has 0 fully saturated rings. The molecule has 0 bridgehead atoms. The Morgan fingerprint density at radius 3 is 2.47 bits per heavy atom. The van der Waals surface area contributed by atoms with E-state index in [4.69, 9.17) is 5.73 Å². The predicted molar refractivity (Wildman–Crippen MR) is 72.2 cm³/mol. The maximum atomic E-state index is 11.5. The van der Waals surface area contributed by atoms with E-state index in [2.05, 4.69) is 31.4 Å². The number of anilines is 2. The molecular formula is C13H21N3O. The van der Waals surface area contributed by atoms with E-state index in [1.807, 2.05) is 0 Å². The molecule has 1 amide bonds. The van der Waals surface area contributed by atoms with Crippen LogP contribution in [0, 0.1) is 5.92 Å². The largest absolute Gasteiger partial charge is 0.397 e. The van der Waals surface area contributed by atoms with Crippen molar-refractivity contribution in [1.29, 1.82) is 0 Å². The van der Waals surface area contributed by atoms with Crippen molar-refractivity contribution in [2.24, 2.45) is 5.92 Å². The summed E-state index contributed by atoms with van der Waals surface area (Å²) < 4.78 is 0. The van der Waals surface area contributed by atoms with Crippen LogP contribution in [0.1, 0.15) is 31.1 Å². The van der Waals surface area contributed by atoms with Gasteiger partial charge in [0.25, 0.3) is 5.91 Å². The van der Waals surface area contributed by atoms with E-state index in [0.29, 0.717) is 23.2 Å². The van der Waals surface area contributed by atoms with Crippen LogP contribution in [0.5, 0.6) is 0 Å². The molecular weight excluding hydrogens is 214 g/mol. The Bertz CT molecular complexity index is 402. The SMILES string of the molecule is CNC(=O)c1ccc(N)c(NC(C)C(C)C)c1. The Morgan fingerprint density at radius 2 is 1.94 bits per heavy atom. The minimum Gasteiger partial charge on any atom is -0.397 e. The second-order valence-electron chi connectivity index (χ2n) is 4.56. The van der Waals surface area contributed by atoms with E-state index in [9.17, 15) is 4.79 Å². The Balaban J connectivity index is 2.94. The third-order valence-corrected chi connectivity index (χ3v) is 2.93. The lowest BCUT2D eigenvalue weighted by atomic mass is 10.1. The van der Waals surface area contributed by atoms with Crippen molar-refractivity contribution in [3.8, 4) is 0 Å². The van der Waals surface area contributed by atoms with Gasteiger partial charge in [0.2, 0.25) is 0 Å². The van der Waals surface area contributed by atoms with Crippen molar-refractivity contribution in [3.05, 3.63) is 23.8 Å². The zero-order valence-electron chi connectivity index (χ0n) is 10.9. The highest BCUT2D eigenvalue weighted by molar-refractivity contribution is 5.96. The van der Waals surface area contributed by atoms with E-state index in [-0.39, 0.29) is 5.91 Å². The summed E-state index contributed by atoms with van der Waals surface area (Å²) in [6.07, 6.45) is 0. The van der Waals surface area contributed by atoms with Crippen LogP contribution in [0.3, 0.4) is 0 Å². The smallest absolute Gasteiger partial charge is 0.251 e. The fraction of sp³-hybridized carbons (Fsp3) is 0.462. The van der Waals surface area contributed by atoms with E-state index < -0.39 is 0 Å². The lowest BCUT2D eigenvalue weighted by Crippen LogP contribution is -2.23. The molecule has 0 aromatic heterocycles. The first-order valence-electron chi connectivity index (χ1n) is 5.83. The van der Waals surface area contributed by atoms with Crippen molar-refractivity contribution in [2.45, 2.75) is 26.8 Å². The molecule has 1 atom stereocenters. The van der Waals surface area contributed by atoms with Crippen LogP contribution >= 0.6 is 0 Å². The summed E-state index contributed by atoms with van der Waals surface area (Å²) in [5, 5.41) is 5.92. The molecule has 0 spiro atoms. The number of nitrogens with two attached hydrogens (primary N) is 1. The van der Waals surface area contributed by atoms with Crippen LogP contribution in [0.15, 0.2) is 18.2 Å². The minimum atomic E-state index is -0.106. The van der Waals surface area contributed by atoms with Gasteiger partial charge in [0.15, 0.2) is 0 Å². The number of carbonyl (C=O) groups excluding carboxylic acids is 1. The molecule has 0 aliphatic carbocycles. The molecule has 1 rings (SSSR count). The van der Waals surface area contributed by atoms with E-state index in [1.54, 1.807) is 25.2 Å². The van der Waals surface area contributed by atoms with Gasteiger partial charge < -0.3 is 16.4 Å². The fourth-order valence-corrected chi connectivity index (χ4v) is 1.38. The van der Waals surface area contributed by atoms with E-state index in [0.717, 1.165) is 5.69 Å². The molecule has 0 saturated heterocycles. The number of rotatable bonds is 4. The summed E-state index contributed by atoms with van der Waals surface area (Å²) in [6.45, 7) is 6.36. The van der Waals surface area contributed by atoms with Crippen LogP contribution in [-0.2, 0) is 0 Å². The number of nitrogen functional groups attached to an aromatic ring is 1. The number of benzene rings is 1. The van der Waals surface area contributed by atoms with Gasteiger partial charge in [-0.25, -0.2) is 0 Å². The van der Waals surface area contributed by atoms with Crippen molar-refractivity contribution >= 4 is 17.3 Å². The third kappa shape index (κ3) is 3.37. The zero-order chi connectivity index (χ0) is 13.0. The molecule has 0 heterocycles. The average Bonchev–Trinajstić information content (AvgIpc) is 2.30. The monoisotopic (exact) mass is 235 g/mol. The highest BCUT2D eigenvalue weighted by Gasteiger charge is 2.11. The van der Waals surface area contributed by atoms with Gasteiger partial charge in [0, 0.05) is 18.7 Å². The standard InChI is InChI=1S/C13H21N3O/c1-8(2)9(3)16-12-7-10(13(17)15-4)5-6-11(12)14/h5-9,16H,14H2,1-4H3,(H,15,17). The Labute approximate surface area is 103 Å². The molecule has 17 heavy (non-hydrogen) atoms. The van der Waals surface area contributed by atoms with Crippen LogP contribution in [0.4, 0.5) is 11.4 Å².